The predicted molar refractivity (Wildman–Crippen MR) is 60.3 cm³/mol. The van der Waals surface area contributed by atoms with Crippen molar-refractivity contribution >= 4 is 21.4 Å². The fourth-order valence-electron chi connectivity index (χ4n) is 1.11. The molecule has 0 spiro atoms. The summed E-state index contributed by atoms with van der Waals surface area (Å²) < 4.78 is 28.3. The third-order valence-electron chi connectivity index (χ3n) is 2.01. The molecule has 1 aromatic carbocycles. The quantitative estimate of drug-likeness (QED) is 0.822. The summed E-state index contributed by atoms with van der Waals surface area (Å²) in [5.74, 6) is 0.364. The van der Waals surface area contributed by atoms with E-state index in [4.69, 9.17) is 22.1 Å². The van der Waals surface area contributed by atoms with Gasteiger partial charge in [-0.3, -0.25) is 0 Å². The van der Waals surface area contributed by atoms with E-state index in [0.29, 0.717) is 5.75 Å². The zero-order valence-corrected chi connectivity index (χ0v) is 10.1. The highest BCUT2D eigenvalue weighted by Crippen LogP contribution is 2.28. The number of hydrogen-bond donors (Lipinski definition) is 2. The van der Waals surface area contributed by atoms with Crippen LogP contribution < -0.4 is 10.5 Å². The van der Waals surface area contributed by atoms with Crippen LogP contribution in [-0.4, -0.2) is 32.6 Å². The van der Waals surface area contributed by atoms with Crippen LogP contribution in [0.25, 0.3) is 0 Å². The van der Waals surface area contributed by atoms with Gasteiger partial charge in [-0.05, 0) is 18.2 Å². The van der Waals surface area contributed by atoms with E-state index in [0.717, 1.165) is 0 Å². The van der Waals surface area contributed by atoms with Crippen molar-refractivity contribution in [3.8, 4) is 5.75 Å². The Bertz CT molecular complexity index is 474. The maximum Gasteiger partial charge on any atom is 0.206 e. The normalized spacial score (nSPS) is 13.5. The molecular weight excluding hydrogens is 254 g/mol. The van der Waals surface area contributed by atoms with Crippen molar-refractivity contribution in [2.75, 3.05) is 13.7 Å². The molecule has 0 bridgehead atoms. The van der Waals surface area contributed by atoms with E-state index >= 15 is 0 Å². The second kappa shape index (κ2) is 5.01. The summed E-state index contributed by atoms with van der Waals surface area (Å²) in [6, 6.07) is 3.94. The summed E-state index contributed by atoms with van der Waals surface area (Å²) in [5, 5.41) is 9.43. The molecule has 0 aliphatic rings. The average Bonchev–Trinajstić information content (AvgIpc) is 2.27. The molecule has 0 fully saturated rings. The van der Waals surface area contributed by atoms with Gasteiger partial charge in [-0.15, -0.1) is 0 Å². The minimum Gasteiger partial charge on any atom is -0.495 e. The summed E-state index contributed by atoms with van der Waals surface area (Å²) in [7, 11) is -2.43. The zero-order chi connectivity index (χ0) is 12.3. The Morgan fingerprint density at radius 2 is 2.19 bits per heavy atom. The third kappa shape index (κ3) is 2.46. The fraction of sp³-hybridized carbons (Fsp3) is 0.333. The summed E-state index contributed by atoms with van der Waals surface area (Å²) in [4.78, 5) is -0.0868. The highest BCUT2D eigenvalue weighted by atomic mass is 35.5. The van der Waals surface area contributed by atoms with Gasteiger partial charge in [0, 0.05) is 6.54 Å². The SMILES string of the molecule is COc1ccc(S(=O)(=O)C(O)CN)cc1Cl. The van der Waals surface area contributed by atoms with Crippen molar-refractivity contribution in [2.45, 2.75) is 10.3 Å². The smallest absolute Gasteiger partial charge is 0.206 e. The minimum absolute atomic E-state index is 0.0868. The van der Waals surface area contributed by atoms with Gasteiger partial charge in [0.25, 0.3) is 0 Å². The summed E-state index contributed by atoms with van der Waals surface area (Å²) in [5.41, 5.74) is 3.47. The van der Waals surface area contributed by atoms with Gasteiger partial charge in [0.15, 0.2) is 5.44 Å². The molecule has 1 unspecified atom stereocenters. The molecule has 0 aliphatic carbocycles. The maximum atomic E-state index is 11.7. The number of benzene rings is 1. The van der Waals surface area contributed by atoms with Crippen LogP contribution in [-0.2, 0) is 9.84 Å². The van der Waals surface area contributed by atoms with Crippen LogP contribution in [0.15, 0.2) is 23.1 Å². The first-order valence-corrected chi connectivity index (χ1v) is 6.31. The van der Waals surface area contributed by atoms with E-state index in [1.54, 1.807) is 0 Å². The van der Waals surface area contributed by atoms with Crippen LogP contribution in [0.3, 0.4) is 0 Å². The molecule has 0 saturated heterocycles. The van der Waals surface area contributed by atoms with Crippen molar-refractivity contribution in [3.05, 3.63) is 23.2 Å². The molecule has 0 aromatic heterocycles. The Labute approximate surface area is 98.7 Å². The van der Waals surface area contributed by atoms with E-state index in [2.05, 4.69) is 0 Å². The van der Waals surface area contributed by atoms with Gasteiger partial charge in [-0.2, -0.15) is 0 Å². The molecule has 5 nitrogen and oxygen atoms in total. The topological polar surface area (TPSA) is 89.6 Å². The number of nitrogens with two attached hydrogens (primary N) is 1. The molecular formula is C9H12ClNO4S. The Balaban J connectivity index is 3.21. The molecule has 7 heteroatoms. The van der Waals surface area contributed by atoms with E-state index < -0.39 is 15.3 Å². The number of ether oxygens (including phenoxy) is 1. The number of halogens is 1. The number of rotatable bonds is 4. The molecule has 1 rings (SSSR count). The lowest BCUT2D eigenvalue weighted by Crippen LogP contribution is -2.29. The van der Waals surface area contributed by atoms with Crippen LogP contribution in [0.4, 0.5) is 0 Å². The predicted octanol–water partition coefficient (Wildman–Crippen LogP) is 0.399. The number of aliphatic hydroxyl groups is 1. The van der Waals surface area contributed by atoms with Crippen molar-refractivity contribution in [2.24, 2.45) is 5.73 Å². The number of aliphatic hydroxyl groups excluding tert-OH is 1. The molecule has 0 radical (unpaired) electrons. The molecule has 1 aromatic rings. The standard InChI is InChI=1S/C9H12ClNO4S/c1-15-8-3-2-6(4-7(8)10)16(13,14)9(12)5-11/h2-4,9,12H,5,11H2,1H3. The Morgan fingerprint density at radius 1 is 1.56 bits per heavy atom. The lowest BCUT2D eigenvalue weighted by Gasteiger charge is -2.11. The summed E-state index contributed by atoms with van der Waals surface area (Å²) in [6.45, 7) is -0.369. The van der Waals surface area contributed by atoms with Crippen LogP contribution in [0.2, 0.25) is 5.02 Å². The van der Waals surface area contributed by atoms with Gasteiger partial charge in [-0.1, -0.05) is 11.6 Å². The highest BCUT2D eigenvalue weighted by Gasteiger charge is 2.24. The molecule has 3 N–H and O–H groups in total. The second-order valence-corrected chi connectivity index (χ2v) is 5.54. The summed E-state index contributed by atoms with van der Waals surface area (Å²) >= 11 is 5.78. The van der Waals surface area contributed by atoms with Crippen LogP contribution in [0.5, 0.6) is 5.75 Å². The number of methoxy groups -OCH3 is 1. The molecule has 90 valence electrons. The number of hydrogen-bond acceptors (Lipinski definition) is 5. The van der Waals surface area contributed by atoms with Crippen molar-refractivity contribution in [1.29, 1.82) is 0 Å². The van der Waals surface area contributed by atoms with Gasteiger partial charge >= 0.3 is 0 Å². The second-order valence-electron chi connectivity index (χ2n) is 3.03. The Morgan fingerprint density at radius 3 is 2.62 bits per heavy atom. The van der Waals surface area contributed by atoms with E-state index in [9.17, 15) is 13.5 Å². The van der Waals surface area contributed by atoms with Crippen LogP contribution in [0.1, 0.15) is 0 Å². The van der Waals surface area contributed by atoms with Crippen molar-refractivity contribution in [1.82, 2.24) is 0 Å². The molecule has 0 aliphatic heterocycles. The molecule has 16 heavy (non-hydrogen) atoms. The first-order chi connectivity index (χ1) is 7.43. The van der Waals surface area contributed by atoms with Gasteiger partial charge in [0.2, 0.25) is 9.84 Å². The first kappa shape index (κ1) is 13.2. The third-order valence-corrected chi connectivity index (χ3v) is 4.13. The molecule has 0 saturated carbocycles. The van der Waals surface area contributed by atoms with Gasteiger partial charge in [0.05, 0.1) is 17.0 Å². The largest absolute Gasteiger partial charge is 0.495 e. The first-order valence-electron chi connectivity index (χ1n) is 4.39. The van der Waals surface area contributed by atoms with Gasteiger partial charge < -0.3 is 15.6 Å². The van der Waals surface area contributed by atoms with Crippen LogP contribution in [0, 0.1) is 0 Å². The molecule has 1 atom stereocenters. The Hall–Kier alpha value is -0.820. The molecule has 0 amide bonds. The van der Waals surface area contributed by atoms with Crippen molar-refractivity contribution in [3.63, 3.8) is 0 Å². The zero-order valence-electron chi connectivity index (χ0n) is 8.55. The minimum atomic E-state index is -3.85. The van der Waals surface area contributed by atoms with Gasteiger partial charge in [0.1, 0.15) is 5.75 Å². The maximum absolute atomic E-state index is 11.7. The molecule has 0 heterocycles. The number of sulfone groups is 1. The van der Waals surface area contributed by atoms with Gasteiger partial charge in [-0.25, -0.2) is 8.42 Å². The fourth-order valence-corrected chi connectivity index (χ4v) is 2.54. The lowest BCUT2D eigenvalue weighted by atomic mass is 10.3. The van der Waals surface area contributed by atoms with Crippen LogP contribution >= 0.6 is 11.6 Å². The Kier molecular flexibility index (Phi) is 4.15. The monoisotopic (exact) mass is 265 g/mol. The van der Waals surface area contributed by atoms with E-state index in [-0.39, 0.29) is 16.5 Å². The van der Waals surface area contributed by atoms with E-state index in [1.165, 1.54) is 25.3 Å². The summed E-state index contributed by atoms with van der Waals surface area (Å²) in [6.07, 6.45) is 0. The van der Waals surface area contributed by atoms with E-state index in [1.807, 2.05) is 0 Å². The highest BCUT2D eigenvalue weighted by molar-refractivity contribution is 7.91. The lowest BCUT2D eigenvalue weighted by molar-refractivity contribution is 0.256. The van der Waals surface area contributed by atoms with Crippen molar-refractivity contribution < 1.29 is 18.3 Å². The average molecular weight is 266 g/mol.